The summed E-state index contributed by atoms with van der Waals surface area (Å²) in [5.41, 5.74) is 1.24. The molecule has 3 rings (SSSR count). The quantitative estimate of drug-likeness (QED) is 0.509. The van der Waals surface area contributed by atoms with Crippen LogP contribution in [0.1, 0.15) is 25.3 Å². The predicted molar refractivity (Wildman–Crippen MR) is 126 cm³/mol. The van der Waals surface area contributed by atoms with E-state index >= 15 is 0 Å². The third-order valence-electron chi connectivity index (χ3n) is 5.35. The summed E-state index contributed by atoms with van der Waals surface area (Å²) in [7, 11) is -7.68. The van der Waals surface area contributed by atoms with Crippen LogP contribution in [0.3, 0.4) is 0 Å². The number of amides is 1. The topological polar surface area (TPSA) is 148 Å². The highest BCUT2D eigenvalue weighted by molar-refractivity contribution is 7.92. The molecule has 4 N–H and O–H groups in total. The van der Waals surface area contributed by atoms with Crippen molar-refractivity contribution in [3.8, 4) is 5.75 Å². The molecule has 10 nitrogen and oxygen atoms in total. The van der Waals surface area contributed by atoms with Gasteiger partial charge in [-0.05, 0) is 68.7 Å². The molecular weight excluding hydrogens is 468 g/mol. The lowest BCUT2D eigenvalue weighted by molar-refractivity contribution is -0.120. The van der Waals surface area contributed by atoms with Gasteiger partial charge in [0.05, 0.1) is 11.5 Å². The van der Waals surface area contributed by atoms with Gasteiger partial charge in [0.15, 0.2) is 0 Å². The van der Waals surface area contributed by atoms with Crippen LogP contribution in [0.2, 0.25) is 0 Å². The van der Waals surface area contributed by atoms with Gasteiger partial charge in [-0.2, -0.15) is 12.7 Å². The lowest BCUT2D eigenvalue weighted by Gasteiger charge is -2.29. The molecule has 33 heavy (non-hydrogen) atoms. The first-order valence-electron chi connectivity index (χ1n) is 10.4. The largest absolute Gasteiger partial charge is 0.494 e. The monoisotopic (exact) mass is 496 g/mol. The molecule has 12 heteroatoms. The van der Waals surface area contributed by atoms with E-state index in [1.807, 2.05) is 6.92 Å². The van der Waals surface area contributed by atoms with E-state index in [0.717, 1.165) is 4.31 Å². The SMILES string of the molecule is CCOc1ccc(NS(=O)(=O)c2cc(NC(=O)C3CCN(S(N)(=O)=O)CC3)ccc2C)cc1. The number of nitrogens with two attached hydrogens (primary N) is 1. The number of rotatable bonds is 8. The number of anilines is 2. The molecule has 0 atom stereocenters. The van der Waals surface area contributed by atoms with Crippen LogP contribution < -0.4 is 19.9 Å². The van der Waals surface area contributed by atoms with Crippen molar-refractivity contribution < 1.29 is 26.4 Å². The Morgan fingerprint density at radius 1 is 1.06 bits per heavy atom. The first kappa shape index (κ1) is 25.0. The van der Waals surface area contributed by atoms with Gasteiger partial charge in [-0.1, -0.05) is 6.07 Å². The van der Waals surface area contributed by atoms with Crippen LogP contribution in [0.25, 0.3) is 0 Å². The molecule has 2 aromatic rings. The normalized spacial score (nSPS) is 15.7. The molecule has 0 bridgehead atoms. The van der Waals surface area contributed by atoms with Crippen LogP contribution in [0.15, 0.2) is 47.4 Å². The van der Waals surface area contributed by atoms with Gasteiger partial charge >= 0.3 is 0 Å². The van der Waals surface area contributed by atoms with E-state index in [0.29, 0.717) is 42.1 Å². The van der Waals surface area contributed by atoms with Crippen molar-refractivity contribution in [3.05, 3.63) is 48.0 Å². The number of benzene rings is 2. The number of ether oxygens (including phenoxy) is 1. The van der Waals surface area contributed by atoms with Crippen LogP contribution >= 0.6 is 0 Å². The van der Waals surface area contributed by atoms with Crippen molar-refractivity contribution >= 4 is 37.5 Å². The summed E-state index contributed by atoms with van der Waals surface area (Å²) >= 11 is 0. The fourth-order valence-electron chi connectivity index (χ4n) is 3.58. The summed E-state index contributed by atoms with van der Waals surface area (Å²) in [6, 6.07) is 11.2. The fourth-order valence-corrected chi connectivity index (χ4v) is 5.63. The van der Waals surface area contributed by atoms with E-state index in [9.17, 15) is 21.6 Å². The zero-order valence-corrected chi connectivity index (χ0v) is 20.1. The van der Waals surface area contributed by atoms with E-state index in [2.05, 4.69) is 10.0 Å². The van der Waals surface area contributed by atoms with Gasteiger partial charge in [0.25, 0.3) is 20.2 Å². The van der Waals surface area contributed by atoms with Crippen molar-refractivity contribution in [2.45, 2.75) is 31.6 Å². The maximum Gasteiger partial charge on any atom is 0.276 e. The van der Waals surface area contributed by atoms with Gasteiger partial charge < -0.3 is 10.1 Å². The second-order valence-corrected chi connectivity index (χ2v) is 10.9. The molecule has 0 radical (unpaired) electrons. The molecule has 0 unspecified atom stereocenters. The molecule has 1 aliphatic rings. The first-order valence-corrected chi connectivity index (χ1v) is 13.4. The number of hydrogen-bond donors (Lipinski definition) is 3. The summed E-state index contributed by atoms with van der Waals surface area (Å²) in [6.45, 7) is 4.36. The van der Waals surface area contributed by atoms with E-state index in [4.69, 9.17) is 9.88 Å². The Morgan fingerprint density at radius 3 is 2.24 bits per heavy atom. The molecular formula is C21H28N4O6S2. The van der Waals surface area contributed by atoms with Gasteiger partial charge in [-0.3, -0.25) is 9.52 Å². The number of nitrogens with zero attached hydrogens (tertiary/aromatic N) is 1. The van der Waals surface area contributed by atoms with Crippen LogP contribution in [0.4, 0.5) is 11.4 Å². The third-order valence-corrected chi connectivity index (χ3v) is 7.96. The number of carbonyl (C=O) groups is 1. The third kappa shape index (κ3) is 6.44. The maximum absolute atomic E-state index is 13.0. The smallest absolute Gasteiger partial charge is 0.276 e. The number of sulfonamides is 1. The van der Waals surface area contributed by atoms with Crippen molar-refractivity contribution in [2.75, 3.05) is 29.7 Å². The van der Waals surface area contributed by atoms with Gasteiger partial charge in [0.1, 0.15) is 5.75 Å². The molecule has 0 aliphatic carbocycles. The van der Waals surface area contributed by atoms with Crippen LogP contribution in [-0.4, -0.2) is 46.7 Å². The predicted octanol–water partition coefficient (Wildman–Crippen LogP) is 2.05. The summed E-state index contributed by atoms with van der Waals surface area (Å²) < 4.78 is 57.8. The van der Waals surface area contributed by atoms with Gasteiger partial charge in [-0.15, -0.1) is 0 Å². The first-order chi connectivity index (χ1) is 15.5. The summed E-state index contributed by atoms with van der Waals surface area (Å²) in [5.74, 6) is -0.0571. The Hall–Kier alpha value is -2.67. The number of hydrogen-bond acceptors (Lipinski definition) is 6. The minimum absolute atomic E-state index is 0.0400. The maximum atomic E-state index is 13.0. The molecule has 1 heterocycles. The van der Waals surface area contributed by atoms with Crippen molar-refractivity contribution in [2.24, 2.45) is 11.1 Å². The van der Waals surface area contributed by atoms with E-state index in [1.54, 1.807) is 43.3 Å². The standard InChI is InChI=1S/C21H28N4O6S2/c1-3-31-19-8-6-17(7-9-19)24-32(27,28)20-14-18(5-4-15(20)2)23-21(26)16-10-12-25(13-11-16)33(22,29)30/h4-9,14,16,24H,3,10-13H2,1-2H3,(H,23,26)(H2,22,29,30). The van der Waals surface area contributed by atoms with E-state index in [1.165, 1.54) is 6.07 Å². The van der Waals surface area contributed by atoms with E-state index in [-0.39, 0.29) is 23.9 Å². The highest BCUT2D eigenvalue weighted by atomic mass is 32.2. The second kappa shape index (κ2) is 10.1. The Kier molecular flexibility index (Phi) is 7.62. The number of carbonyl (C=O) groups excluding carboxylic acids is 1. The average Bonchev–Trinajstić information content (AvgIpc) is 2.76. The Balaban J connectivity index is 1.70. The van der Waals surface area contributed by atoms with Crippen LogP contribution in [0.5, 0.6) is 5.75 Å². The molecule has 2 aromatic carbocycles. The van der Waals surface area contributed by atoms with Crippen molar-refractivity contribution in [3.63, 3.8) is 0 Å². The average molecular weight is 497 g/mol. The van der Waals surface area contributed by atoms with Crippen molar-refractivity contribution in [1.82, 2.24) is 4.31 Å². The number of nitrogens with one attached hydrogen (secondary N) is 2. The summed E-state index contributed by atoms with van der Waals surface area (Å²) in [6.07, 6.45) is 0.664. The van der Waals surface area contributed by atoms with E-state index < -0.39 is 26.2 Å². The molecule has 0 spiro atoms. The molecule has 0 saturated carbocycles. The Morgan fingerprint density at radius 2 is 1.67 bits per heavy atom. The lowest BCUT2D eigenvalue weighted by Crippen LogP contribution is -2.44. The molecule has 0 aromatic heterocycles. The van der Waals surface area contributed by atoms with Crippen LogP contribution in [0, 0.1) is 12.8 Å². The minimum atomic E-state index is -3.91. The minimum Gasteiger partial charge on any atom is -0.494 e. The van der Waals surface area contributed by atoms with Gasteiger partial charge in [0.2, 0.25) is 5.91 Å². The zero-order valence-electron chi connectivity index (χ0n) is 18.4. The summed E-state index contributed by atoms with van der Waals surface area (Å²) in [5, 5.41) is 7.87. The number of aryl methyl sites for hydroxylation is 1. The molecule has 1 saturated heterocycles. The number of piperidine rings is 1. The lowest BCUT2D eigenvalue weighted by atomic mass is 9.97. The highest BCUT2D eigenvalue weighted by Gasteiger charge is 2.29. The Labute approximate surface area is 194 Å². The van der Waals surface area contributed by atoms with Gasteiger partial charge in [0, 0.05) is 30.4 Å². The molecule has 1 aliphatic heterocycles. The van der Waals surface area contributed by atoms with Gasteiger partial charge in [-0.25, -0.2) is 13.6 Å². The fraction of sp³-hybridized carbons (Fsp3) is 0.381. The summed E-state index contributed by atoms with van der Waals surface area (Å²) in [4.78, 5) is 12.7. The van der Waals surface area contributed by atoms with Crippen molar-refractivity contribution in [1.29, 1.82) is 0 Å². The molecule has 1 amide bonds. The highest BCUT2D eigenvalue weighted by Crippen LogP contribution is 2.26. The Bertz CT molecular complexity index is 1210. The zero-order chi connectivity index (χ0) is 24.2. The van der Waals surface area contributed by atoms with Crippen LogP contribution in [-0.2, 0) is 25.0 Å². The molecule has 180 valence electrons. The molecule has 1 fully saturated rings. The second-order valence-electron chi connectivity index (χ2n) is 7.75.